The zero-order valence-electron chi connectivity index (χ0n) is 22.8. The summed E-state index contributed by atoms with van der Waals surface area (Å²) in [5.41, 5.74) is -0.625. The van der Waals surface area contributed by atoms with Crippen molar-refractivity contribution < 1.29 is 48.8 Å². The number of fused-ring (bicyclic) bond motifs is 2. The van der Waals surface area contributed by atoms with E-state index in [0.717, 1.165) is 36.4 Å². The Kier molecular flexibility index (Phi) is 7.94. The van der Waals surface area contributed by atoms with Crippen molar-refractivity contribution in [1.82, 2.24) is 0 Å². The highest BCUT2D eigenvalue weighted by atomic mass is 32.2. The van der Waals surface area contributed by atoms with Crippen LogP contribution in [0.15, 0.2) is 104 Å². The Hall–Kier alpha value is -4.78. The fraction of sp³-hybridized carbons (Fsp3) is 0.0357. The Morgan fingerprint density at radius 2 is 1.38 bits per heavy atom. The summed E-state index contributed by atoms with van der Waals surface area (Å²) in [6.45, 7) is 1.64. The van der Waals surface area contributed by atoms with Gasteiger partial charge in [-0.2, -0.15) is 25.3 Å². The van der Waals surface area contributed by atoms with Crippen molar-refractivity contribution in [3.8, 4) is 5.75 Å². The van der Waals surface area contributed by atoms with E-state index in [0.29, 0.717) is 5.56 Å². The average Bonchev–Trinajstić information content (AvgIpc) is 2.94. The third-order valence-corrected chi connectivity index (χ3v) is 9.33. The van der Waals surface area contributed by atoms with Gasteiger partial charge in [-0.15, -0.1) is 10.2 Å². The van der Waals surface area contributed by atoms with Crippen LogP contribution in [0.1, 0.15) is 15.9 Å². The Labute approximate surface area is 255 Å². The molecule has 1 amide bonds. The van der Waals surface area contributed by atoms with Crippen LogP contribution in [0.3, 0.4) is 0 Å². The number of azo groups is 1. The second-order valence-corrected chi connectivity index (χ2v) is 13.8. The number of anilines is 1. The second kappa shape index (κ2) is 11.3. The molecule has 5 N–H and O–H groups in total. The molecule has 0 saturated heterocycles. The minimum Gasteiger partial charge on any atom is -0.505 e. The molecule has 0 aliphatic heterocycles. The topological polar surface area (TPSA) is 237 Å². The van der Waals surface area contributed by atoms with Gasteiger partial charge < -0.3 is 10.4 Å². The van der Waals surface area contributed by atoms with Gasteiger partial charge in [0.25, 0.3) is 36.3 Å². The first kappa shape index (κ1) is 31.6. The Morgan fingerprint density at radius 1 is 0.711 bits per heavy atom. The number of carbonyl (C=O) groups is 1. The lowest BCUT2D eigenvalue weighted by Crippen LogP contribution is -2.12. The molecule has 0 aromatic heterocycles. The maximum Gasteiger partial charge on any atom is 0.297 e. The van der Waals surface area contributed by atoms with Crippen LogP contribution in [0.5, 0.6) is 5.75 Å². The normalized spacial score (nSPS) is 12.6. The summed E-state index contributed by atoms with van der Waals surface area (Å²) in [5, 5.41) is 20.7. The molecule has 5 rings (SSSR count). The summed E-state index contributed by atoms with van der Waals surface area (Å²) in [7, 11) is -15.1. The molecular formula is C28H21N3O11S3. The third kappa shape index (κ3) is 6.25. The molecule has 0 spiro atoms. The molecule has 0 unspecified atom stereocenters. The molecule has 0 aliphatic carbocycles. The van der Waals surface area contributed by atoms with Gasteiger partial charge in [0.05, 0.1) is 5.69 Å². The molecule has 0 fully saturated rings. The molecule has 14 nitrogen and oxygen atoms in total. The van der Waals surface area contributed by atoms with E-state index >= 15 is 0 Å². The minimum atomic E-state index is -5.17. The van der Waals surface area contributed by atoms with Gasteiger partial charge in [0.15, 0.2) is 5.75 Å². The van der Waals surface area contributed by atoms with Crippen molar-refractivity contribution in [2.75, 3.05) is 5.32 Å². The quantitative estimate of drug-likeness (QED) is 0.108. The highest BCUT2D eigenvalue weighted by molar-refractivity contribution is 7.86. The van der Waals surface area contributed by atoms with Crippen LogP contribution < -0.4 is 5.32 Å². The largest absolute Gasteiger partial charge is 0.505 e. The summed E-state index contributed by atoms with van der Waals surface area (Å²) in [5.74, 6) is -1.43. The van der Waals surface area contributed by atoms with E-state index in [-0.39, 0.29) is 32.8 Å². The number of hydrogen-bond acceptors (Lipinski definition) is 10. The molecular weight excluding hydrogens is 651 g/mol. The lowest BCUT2D eigenvalue weighted by atomic mass is 10.0. The van der Waals surface area contributed by atoms with Gasteiger partial charge in [0, 0.05) is 21.7 Å². The van der Waals surface area contributed by atoms with E-state index < -0.39 is 68.1 Å². The van der Waals surface area contributed by atoms with Crippen molar-refractivity contribution in [2.24, 2.45) is 10.2 Å². The monoisotopic (exact) mass is 671 g/mol. The highest BCUT2D eigenvalue weighted by Gasteiger charge is 2.26. The Bertz CT molecular complexity index is 2410. The first-order valence-corrected chi connectivity index (χ1v) is 16.9. The van der Waals surface area contributed by atoms with E-state index in [4.69, 9.17) is 0 Å². The predicted octanol–water partition coefficient (Wildman–Crippen LogP) is 5.41. The molecule has 0 heterocycles. The van der Waals surface area contributed by atoms with E-state index in [9.17, 15) is 48.8 Å². The van der Waals surface area contributed by atoms with Crippen LogP contribution >= 0.6 is 0 Å². The number of aryl methyl sites for hydroxylation is 1. The highest BCUT2D eigenvalue weighted by Crippen LogP contribution is 2.45. The number of amides is 1. The number of phenolic OH excluding ortho intramolecular Hbond substituents is 1. The van der Waals surface area contributed by atoms with Gasteiger partial charge in [-0.05, 0) is 54.3 Å². The van der Waals surface area contributed by atoms with E-state index in [1.807, 2.05) is 0 Å². The van der Waals surface area contributed by atoms with Crippen molar-refractivity contribution >= 4 is 74.9 Å². The lowest BCUT2D eigenvalue weighted by molar-refractivity contribution is 0.102. The van der Waals surface area contributed by atoms with E-state index in [1.54, 1.807) is 37.3 Å². The predicted molar refractivity (Wildman–Crippen MR) is 162 cm³/mol. The smallest absolute Gasteiger partial charge is 0.297 e. The standard InChI is InChI=1S/C28H21N3O11S3/c1-15-12-17-14-23(44(37,38)39)25(26(32)24(17)21(13-15)29-28(33)16-6-3-2-4-7-16)31-30-20-11-10-18-19(27(20)45(40,41)42)8-5-9-22(18)43(34,35)36/h2-14,32H,1H3,(H,29,33)(H,34,35,36)(H,37,38,39)(H,40,41,42). The summed E-state index contributed by atoms with van der Waals surface area (Å²) in [4.78, 5) is 10.4. The van der Waals surface area contributed by atoms with Crippen LogP contribution in [0.2, 0.25) is 0 Å². The van der Waals surface area contributed by atoms with Gasteiger partial charge in [-0.25, -0.2) is 0 Å². The van der Waals surface area contributed by atoms with Crippen molar-refractivity contribution in [1.29, 1.82) is 0 Å². The van der Waals surface area contributed by atoms with Gasteiger partial charge in [0.1, 0.15) is 26.1 Å². The number of rotatable bonds is 7. The fourth-order valence-electron chi connectivity index (χ4n) is 4.78. The molecule has 45 heavy (non-hydrogen) atoms. The number of nitrogens with zero attached hydrogens (tertiary/aromatic N) is 2. The van der Waals surface area contributed by atoms with Crippen LogP contribution in [0.4, 0.5) is 17.1 Å². The van der Waals surface area contributed by atoms with Crippen molar-refractivity contribution in [3.63, 3.8) is 0 Å². The lowest BCUT2D eigenvalue weighted by Gasteiger charge is -2.15. The van der Waals surface area contributed by atoms with Crippen LogP contribution in [-0.4, -0.2) is 49.9 Å². The molecule has 0 saturated carbocycles. The Morgan fingerprint density at radius 3 is 2.00 bits per heavy atom. The minimum absolute atomic E-state index is 0.0387. The number of carbonyl (C=O) groups excluding carboxylic acids is 1. The summed E-state index contributed by atoms with van der Waals surface area (Å²) < 4.78 is 103. The molecule has 17 heteroatoms. The summed E-state index contributed by atoms with van der Waals surface area (Å²) in [6, 6.07) is 17.2. The number of benzene rings is 5. The maximum atomic E-state index is 12.9. The Balaban J connectivity index is 1.76. The van der Waals surface area contributed by atoms with E-state index in [2.05, 4.69) is 15.5 Å². The number of aromatic hydroxyl groups is 1. The van der Waals surface area contributed by atoms with Gasteiger partial charge in [-0.1, -0.05) is 42.5 Å². The van der Waals surface area contributed by atoms with Gasteiger partial charge in [0.2, 0.25) is 0 Å². The molecule has 0 radical (unpaired) electrons. The van der Waals surface area contributed by atoms with Gasteiger partial charge in [-0.3, -0.25) is 18.5 Å². The number of nitrogens with one attached hydrogen (secondary N) is 1. The average molecular weight is 672 g/mol. The van der Waals surface area contributed by atoms with Crippen molar-refractivity contribution in [2.45, 2.75) is 21.6 Å². The third-order valence-electron chi connectivity index (χ3n) is 6.60. The molecule has 5 aromatic rings. The van der Waals surface area contributed by atoms with Gasteiger partial charge >= 0.3 is 0 Å². The zero-order chi connectivity index (χ0) is 32.9. The summed E-state index contributed by atoms with van der Waals surface area (Å²) >= 11 is 0. The van der Waals surface area contributed by atoms with Crippen molar-refractivity contribution in [3.05, 3.63) is 90.0 Å². The number of phenols is 1. The molecule has 0 bridgehead atoms. The van der Waals surface area contributed by atoms with E-state index in [1.165, 1.54) is 12.1 Å². The first-order valence-electron chi connectivity index (χ1n) is 12.5. The SMILES string of the molecule is Cc1cc(NC(=O)c2ccccc2)c2c(O)c(N=Nc3ccc4c(S(=O)(=O)O)cccc4c3S(=O)(=O)O)c(S(=O)(=O)O)cc2c1. The molecule has 0 atom stereocenters. The fourth-order valence-corrected chi connectivity index (χ4v) is 6.97. The number of hydrogen-bond donors (Lipinski definition) is 5. The zero-order valence-corrected chi connectivity index (χ0v) is 25.2. The molecule has 0 aliphatic rings. The maximum absolute atomic E-state index is 12.9. The second-order valence-electron chi connectivity index (χ2n) is 9.69. The van der Waals surface area contributed by atoms with Crippen LogP contribution in [0, 0.1) is 6.92 Å². The molecule has 232 valence electrons. The first-order chi connectivity index (χ1) is 21.0. The van der Waals surface area contributed by atoms with Crippen LogP contribution in [-0.2, 0) is 30.4 Å². The van der Waals surface area contributed by atoms with Crippen LogP contribution in [0.25, 0.3) is 21.5 Å². The summed E-state index contributed by atoms with van der Waals surface area (Å²) in [6.07, 6.45) is 0. The molecule has 5 aromatic carbocycles.